The van der Waals surface area contributed by atoms with Gasteiger partial charge in [0, 0.05) is 5.56 Å². The lowest BCUT2D eigenvalue weighted by Crippen LogP contribution is -2.10. The van der Waals surface area contributed by atoms with Crippen molar-refractivity contribution in [1.29, 1.82) is 0 Å². The van der Waals surface area contributed by atoms with Crippen LogP contribution in [0.4, 0.5) is 0 Å². The summed E-state index contributed by atoms with van der Waals surface area (Å²) < 4.78 is 0. The van der Waals surface area contributed by atoms with Gasteiger partial charge in [-0.05, 0) is 16.5 Å². The Morgan fingerprint density at radius 3 is 2.67 bits per heavy atom. The van der Waals surface area contributed by atoms with Crippen LogP contribution in [-0.4, -0.2) is 10.2 Å². The number of rotatable bonds is 1. The normalized spacial score (nSPS) is 11.7. The highest BCUT2D eigenvalue weighted by atomic mass is 15.1. The molecule has 0 aliphatic rings. The van der Waals surface area contributed by atoms with Gasteiger partial charge < -0.3 is 0 Å². The summed E-state index contributed by atoms with van der Waals surface area (Å²) in [5.74, 6) is 0. The van der Waals surface area contributed by atoms with E-state index in [2.05, 4.69) is 61.4 Å². The Kier molecular flexibility index (Phi) is 2.35. The minimum absolute atomic E-state index is 0.180. The highest BCUT2D eigenvalue weighted by Crippen LogP contribution is 2.26. The Balaban J connectivity index is 2.44. The second-order valence-corrected chi connectivity index (χ2v) is 4.74. The summed E-state index contributed by atoms with van der Waals surface area (Å²) in [6.45, 7) is 6.64. The SMILES string of the molecule is CC(C)(C)c1cccc(-c2[c][nH]nc2)c1. The number of aromatic amines is 1. The van der Waals surface area contributed by atoms with Gasteiger partial charge in [-0.2, -0.15) is 5.10 Å². The summed E-state index contributed by atoms with van der Waals surface area (Å²) in [6, 6.07) is 8.51. The minimum atomic E-state index is 0.180. The Labute approximate surface area is 90.3 Å². The first-order valence-electron chi connectivity index (χ1n) is 5.09. The molecule has 2 rings (SSSR count). The second kappa shape index (κ2) is 3.54. The first kappa shape index (κ1) is 9.97. The molecule has 0 spiro atoms. The molecule has 2 aromatic rings. The van der Waals surface area contributed by atoms with Gasteiger partial charge in [-0.3, -0.25) is 5.10 Å². The van der Waals surface area contributed by atoms with Gasteiger partial charge >= 0.3 is 0 Å². The summed E-state index contributed by atoms with van der Waals surface area (Å²) >= 11 is 0. The molecule has 2 heteroatoms. The summed E-state index contributed by atoms with van der Waals surface area (Å²) in [7, 11) is 0. The number of nitrogens with one attached hydrogen (secondary N) is 1. The Bertz CT molecular complexity index is 436. The average Bonchev–Trinajstić information content (AvgIpc) is 2.69. The van der Waals surface area contributed by atoms with Crippen LogP contribution in [0.15, 0.2) is 30.5 Å². The first-order valence-corrected chi connectivity index (χ1v) is 5.09. The van der Waals surface area contributed by atoms with Crippen molar-refractivity contribution < 1.29 is 0 Å². The maximum atomic E-state index is 3.91. The van der Waals surface area contributed by atoms with E-state index in [9.17, 15) is 0 Å². The summed E-state index contributed by atoms with van der Waals surface area (Å²) in [5, 5.41) is 6.62. The van der Waals surface area contributed by atoms with E-state index in [-0.39, 0.29) is 5.41 Å². The lowest BCUT2D eigenvalue weighted by atomic mass is 9.86. The topological polar surface area (TPSA) is 28.7 Å². The van der Waals surface area contributed by atoms with E-state index in [0.717, 1.165) is 11.1 Å². The molecule has 0 saturated heterocycles. The van der Waals surface area contributed by atoms with Crippen LogP contribution in [0.1, 0.15) is 26.3 Å². The molecule has 1 radical (unpaired) electrons. The van der Waals surface area contributed by atoms with Crippen LogP contribution in [0.2, 0.25) is 0 Å². The van der Waals surface area contributed by atoms with Gasteiger partial charge in [0.05, 0.1) is 12.4 Å². The second-order valence-electron chi connectivity index (χ2n) is 4.74. The number of hydrogen-bond donors (Lipinski definition) is 1. The van der Waals surface area contributed by atoms with Crippen molar-refractivity contribution in [2.24, 2.45) is 0 Å². The Morgan fingerprint density at radius 1 is 1.27 bits per heavy atom. The lowest BCUT2D eigenvalue weighted by molar-refractivity contribution is 0.590. The van der Waals surface area contributed by atoms with Crippen molar-refractivity contribution in [3.8, 4) is 11.1 Å². The molecule has 1 aromatic carbocycles. The van der Waals surface area contributed by atoms with Crippen molar-refractivity contribution in [1.82, 2.24) is 10.2 Å². The maximum absolute atomic E-state index is 3.91. The van der Waals surface area contributed by atoms with Gasteiger partial charge in [-0.15, -0.1) is 0 Å². The number of H-pyrrole nitrogens is 1. The zero-order valence-electron chi connectivity index (χ0n) is 9.33. The molecule has 0 bridgehead atoms. The first-order chi connectivity index (χ1) is 7.07. The molecular formula is C13H15N2. The quantitative estimate of drug-likeness (QED) is 0.750. The third-order valence-electron chi connectivity index (χ3n) is 2.49. The van der Waals surface area contributed by atoms with Crippen molar-refractivity contribution in [2.45, 2.75) is 26.2 Å². The Morgan fingerprint density at radius 2 is 2.07 bits per heavy atom. The van der Waals surface area contributed by atoms with Crippen LogP contribution in [0.25, 0.3) is 11.1 Å². The van der Waals surface area contributed by atoms with E-state index < -0.39 is 0 Å². The van der Waals surface area contributed by atoms with Crippen LogP contribution in [0.3, 0.4) is 0 Å². The molecule has 2 nitrogen and oxygen atoms in total. The molecule has 1 N–H and O–H groups in total. The van der Waals surface area contributed by atoms with Gasteiger partial charge in [0.1, 0.15) is 0 Å². The average molecular weight is 199 g/mol. The standard InChI is InChI=1S/C13H15N2/c1-13(2,3)12-6-4-5-10(7-12)11-8-14-15-9-11/h4-8H,1-3H3,(H,14,15). The summed E-state index contributed by atoms with van der Waals surface area (Å²) in [6.07, 6.45) is 4.79. The zero-order valence-corrected chi connectivity index (χ0v) is 9.33. The van der Waals surface area contributed by atoms with E-state index in [1.165, 1.54) is 5.56 Å². The Hall–Kier alpha value is -1.57. The molecule has 1 heterocycles. The van der Waals surface area contributed by atoms with Gasteiger partial charge in [0.25, 0.3) is 0 Å². The molecule has 0 fully saturated rings. The number of aromatic nitrogens is 2. The molecule has 0 atom stereocenters. The van der Waals surface area contributed by atoms with Crippen LogP contribution >= 0.6 is 0 Å². The van der Waals surface area contributed by atoms with Crippen LogP contribution in [0, 0.1) is 6.20 Å². The molecule has 0 amide bonds. The molecule has 0 aliphatic heterocycles. The largest absolute Gasteiger partial charge is 0.276 e. The van der Waals surface area contributed by atoms with E-state index >= 15 is 0 Å². The predicted octanol–water partition coefficient (Wildman–Crippen LogP) is 3.17. The number of nitrogens with zero attached hydrogens (tertiary/aromatic N) is 1. The fraction of sp³-hybridized carbons (Fsp3) is 0.308. The molecule has 0 aliphatic carbocycles. The van der Waals surface area contributed by atoms with E-state index in [0.29, 0.717) is 0 Å². The van der Waals surface area contributed by atoms with Crippen molar-refractivity contribution in [2.75, 3.05) is 0 Å². The summed E-state index contributed by atoms with van der Waals surface area (Å²) in [4.78, 5) is 0. The molecule has 0 saturated carbocycles. The third kappa shape index (κ3) is 2.09. The summed E-state index contributed by atoms with van der Waals surface area (Å²) in [5.41, 5.74) is 3.69. The van der Waals surface area contributed by atoms with Crippen LogP contribution < -0.4 is 0 Å². The van der Waals surface area contributed by atoms with Gasteiger partial charge in [-0.25, -0.2) is 0 Å². The van der Waals surface area contributed by atoms with Crippen LogP contribution in [-0.2, 0) is 5.41 Å². The molecular weight excluding hydrogens is 184 g/mol. The predicted molar refractivity (Wildman–Crippen MR) is 61.6 cm³/mol. The van der Waals surface area contributed by atoms with Crippen molar-refractivity contribution >= 4 is 0 Å². The van der Waals surface area contributed by atoms with E-state index in [1.807, 2.05) is 0 Å². The minimum Gasteiger partial charge on any atom is -0.276 e. The monoisotopic (exact) mass is 199 g/mol. The molecule has 77 valence electrons. The van der Waals surface area contributed by atoms with E-state index in [4.69, 9.17) is 0 Å². The molecule has 15 heavy (non-hydrogen) atoms. The van der Waals surface area contributed by atoms with Crippen molar-refractivity contribution in [3.63, 3.8) is 0 Å². The molecule has 0 unspecified atom stereocenters. The van der Waals surface area contributed by atoms with Gasteiger partial charge in [0.2, 0.25) is 0 Å². The third-order valence-corrected chi connectivity index (χ3v) is 2.49. The highest BCUT2D eigenvalue weighted by molar-refractivity contribution is 5.62. The zero-order chi connectivity index (χ0) is 10.9. The molecule has 1 aromatic heterocycles. The smallest absolute Gasteiger partial charge is 0.0913 e. The number of hydrogen-bond acceptors (Lipinski definition) is 1. The fourth-order valence-corrected chi connectivity index (χ4v) is 1.52. The lowest BCUT2D eigenvalue weighted by Gasteiger charge is -2.19. The highest BCUT2D eigenvalue weighted by Gasteiger charge is 2.13. The van der Waals surface area contributed by atoms with E-state index in [1.54, 1.807) is 6.20 Å². The fourth-order valence-electron chi connectivity index (χ4n) is 1.52. The number of benzene rings is 1. The maximum Gasteiger partial charge on any atom is 0.0913 e. The van der Waals surface area contributed by atoms with Crippen LogP contribution in [0.5, 0.6) is 0 Å². The van der Waals surface area contributed by atoms with Gasteiger partial charge in [-0.1, -0.05) is 45.0 Å². The van der Waals surface area contributed by atoms with Crippen molar-refractivity contribution in [3.05, 3.63) is 42.2 Å². The van der Waals surface area contributed by atoms with Gasteiger partial charge in [0.15, 0.2) is 0 Å².